The van der Waals surface area contributed by atoms with E-state index in [2.05, 4.69) is 37.9 Å². The molecule has 1 N–H and O–H groups in total. The summed E-state index contributed by atoms with van der Waals surface area (Å²) >= 11 is 0. The molecule has 1 fully saturated rings. The molecule has 0 aromatic rings. The van der Waals surface area contributed by atoms with E-state index in [1.807, 2.05) is 0 Å². The fourth-order valence-corrected chi connectivity index (χ4v) is 2.65. The first kappa shape index (κ1) is 15.9. The molecule has 2 unspecified atom stereocenters. The molecule has 1 rings (SSSR count). The average Bonchev–Trinajstić information content (AvgIpc) is 2.35. The molecule has 18 heavy (non-hydrogen) atoms. The monoisotopic (exact) mass is 256 g/mol. The molecule has 0 radical (unpaired) electrons. The summed E-state index contributed by atoms with van der Waals surface area (Å²) in [6.45, 7) is 14.2. The van der Waals surface area contributed by atoms with Crippen LogP contribution in [0.1, 0.15) is 47.0 Å². The Balaban J connectivity index is 2.28. The molecular weight excluding hydrogens is 224 g/mol. The van der Waals surface area contributed by atoms with Crippen LogP contribution in [0.25, 0.3) is 0 Å². The number of hydrogen-bond donors (Lipinski definition) is 1. The average molecular weight is 256 g/mol. The minimum absolute atomic E-state index is 0.642. The second kappa shape index (κ2) is 8.89. The third kappa shape index (κ3) is 5.68. The van der Waals surface area contributed by atoms with Crippen molar-refractivity contribution in [2.45, 2.75) is 59.0 Å². The highest BCUT2D eigenvalue weighted by Crippen LogP contribution is 2.12. The standard InChI is InChI=1S/C15H32N2O/c1-5-7-14-11-17(15(6-2)10-16-14)8-9-18-12-13(3)4/h13-16H,5-12H2,1-4H3. The van der Waals surface area contributed by atoms with E-state index in [0.29, 0.717) is 18.0 Å². The third-order valence-electron chi connectivity index (χ3n) is 3.70. The van der Waals surface area contributed by atoms with Crippen LogP contribution >= 0.6 is 0 Å². The molecule has 0 aromatic carbocycles. The van der Waals surface area contributed by atoms with Gasteiger partial charge in [0.1, 0.15) is 0 Å². The first-order valence-corrected chi connectivity index (χ1v) is 7.72. The Morgan fingerprint density at radius 3 is 2.72 bits per heavy atom. The van der Waals surface area contributed by atoms with Crippen LogP contribution in [0.15, 0.2) is 0 Å². The Morgan fingerprint density at radius 1 is 1.33 bits per heavy atom. The van der Waals surface area contributed by atoms with E-state index >= 15 is 0 Å². The number of nitrogens with one attached hydrogen (secondary N) is 1. The summed E-state index contributed by atoms with van der Waals surface area (Å²) in [6.07, 6.45) is 3.79. The van der Waals surface area contributed by atoms with E-state index in [9.17, 15) is 0 Å². The molecule has 2 atom stereocenters. The van der Waals surface area contributed by atoms with E-state index in [1.165, 1.54) is 25.8 Å². The van der Waals surface area contributed by atoms with E-state index in [-0.39, 0.29) is 0 Å². The predicted octanol–water partition coefficient (Wildman–Crippen LogP) is 2.51. The van der Waals surface area contributed by atoms with Crippen LogP contribution < -0.4 is 5.32 Å². The van der Waals surface area contributed by atoms with Crippen molar-refractivity contribution in [2.24, 2.45) is 5.92 Å². The van der Waals surface area contributed by atoms with Gasteiger partial charge in [-0.3, -0.25) is 4.90 Å². The number of nitrogens with zero attached hydrogens (tertiary/aromatic N) is 1. The first-order chi connectivity index (χ1) is 8.67. The molecule has 1 aliphatic heterocycles. The van der Waals surface area contributed by atoms with Crippen LogP contribution in [0.5, 0.6) is 0 Å². The van der Waals surface area contributed by atoms with Crippen molar-refractivity contribution in [3.05, 3.63) is 0 Å². The lowest BCUT2D eigenvalue weighted by Gasteiger charge is -2.40. The second-order valence-electron chi connectivity index (χ2n) is 5.92. The zero-order valence-electron chi connectivity index (χ0n) is 12.7. The van der Waals surface area contributed by atoms with Crippen molar-refractivity contribution in [1.82, 2.24) is 10.2 Å². The maximum Gasteiger partial charge on any atom is 0.0593 e. The molecule has 0 bridgehead atoms. The van der Waals surface area contributed by atoms with Crippen LogP contribution in [0.2, 0.25) is 0 Å². The zero-order valence-corrected chi connectivity index (χ0v) is 12.7. The molecule has 0 saturated carbocycles. The smallest absolute Gasteiger partial charge is 0.0593 e. The van der Waals surface area contributed by atoms with Gasteiger partial charge in [0.15, 0.2) is 0 Å². The molecule has 1 aliphatic rings. The van der Waals surface area contributed by atoms with E-state index in [0.717, 1.165) is 26.3 Å². The summed E-state index contributed by atoms with van der Waals surface area (Å²) in [5, 5.41) is 3.68. The highest BCUT2D eigenvalue weighted by molar-refractivity contribution is 4.85. The van der Waals surface area contributed by atoms with Gasteiger partial charge in [0.25, 0.3) is 0 Å². The summed E-state index contributed by atoms with van der Waals surface area (Å²) < 4.78 is 5.72. The minimum atomic E-state index is 0.642. The van der Waals surface area contributed by atoms with E-state index in [1.54, 1.807) is 0 Å². The molecular formula is C15H32N2O. The minimum Gasteiger partial charge on any atom is -0.380 e. The summed E-state index contributed by atoms with van der Waals surface area (Å²) in [5.41, 5.74) is 0. The normalized spacial score (nSPS) is 25.8. The fourth-order valence-electron chi connectivity index (χ4n) is 2.65. The van der Waals surface area contributed by atoms with Crippen molar-refractivity contribution >= 4 is 0 Å². The second-order valence-corrected chi connectivity index (χ2v) is 5.92. The van der Waals surface area contributed by atoms with Crippen molar-refractivity contribution < 1.29 is 4.74 Å². The van der Waals surface area contributed by atoms with Gasteiger partial charge in [0, 0.05) is 38.3 Å². The number of rotatable bonds is 8. The molecule has 0 aromatic heterocycles. The van der Waals surface area contributed by atoms with Gasteiger partial charge in [-0.2, -0.15) is 0 Å². The molecule has 0 aliphatic carbocycles. The summed E-state index contributed by atoms with van der Waals surface area (Å²) in [4.78, 5) is 2.62. The maximum absolute atomic E-state index is 5.72. The molecule has 0 amide bonds. The topological polar surface area (TPSA) is 24.5 Å². The SMILES string of the molecule is CCCC1CN(CCOCC(C)C)C(CC)CN1. The van der Waals surface area contributed by atoms with Gasteiger partial charge in [-0.1, -0.05) is 34.1 Å². The number of ether oxygens (including phenoxy) is 1. The van der Waals surface area contributed by atoms with Gasteiger partial charge in [-0.05, 0) is 18.8 Å². The van der Waals surface area contributed by atoms with Gasteiger partial charge in [0.2, 0.25) is 0 Å². The van der Waals surface area contributed by atoms with Crippen LogP contribution in [0.3, 0.4) is 0 Å². The summed E-state index contributed by atoms with van der Waals surface area (Å²) in [5.74, 6) is 0.642. The lowest BCUT2D eigenvalue weighted by molar-refractivity contribution is 0.0530. The Hall–Kier alpha value is -0.120. The Kier molecular flexibility index (Phi) is 7.87. The summed E-state index contributed by atoms with van der Waals surface area (Å²) in [7, 11) is 0. The highest BCUT2D eigenvalue weighted by atomic mass is 16.5. The maximum atomic E-state index is 5.72. The Bertz CT molecular complexity index is 209. The quantitative estimate of drug-likeness (QED) is 0.675. The lowest BCUT2D eigenvalue weighted by Crippen LogP contribution is -2.56. The fraction of sp³-hybridized carbons (Fsp3) is 1.00. The molecule has 1 heterocycles. The van der Waals surface area contributed by atoms with Crippen molar-refractivity contribution in [2.75, 3.05) is 32.8 Å². The molecule has 3 nitrogen and oxygen atoms in total. The largest absolute Gasteiger partial charge is 0.380 e. The van der Waals surface area contributed by atoms with Crippen LogP contribution in [-0.2, 0) is 4.74 Å². The number of hydrogen-bond acceptors (Lipinski definition) is 3. The van der Waals surface area contributed by atoms with E-state index in [4.69, 9.17) is 4.74 Å². The Morgan fingerprint density at radius 2 is 2.11 bits per heavy atom. The van der Waals surface area contributed by atoms with Gasteiger partial charge >= 0.3 is 0 Å². The Labute approximate surface area is 113 Å². The molecule has 1 saturated heterocycles. The van der Waals surface area contributed by atoms with Crippen molar-refractivity contribution in [3.8, 4) is 0 Å². The highest BCUT2D eigenvalue weighted by Gasteiger charge is 2.25. The van der Waals surface area contributed by atoms with Crippen LogP contribution in [-0.4, -0.2) is 49.8 Å². The summed E-state index contributed by atoms with van der Waals surface area (Å²) in [6, 6.07) is 1.38. The van der Waals surface area contributed by atoms with Gasteiger partial charge in [-0.25, -0.2) is 0 Å². The lowest BCUT2D eigenvalue weighted by atomic mass is 10.0. The predicted molar refractivity (Wildman–Crippen MR) is 78.0 cm³/mol. The van der Waals surface area contributed by atoms with Crippen LogP contribution in [0, 0.1) is 5.92 Å². The van der Waals surface area contributed by atoms with Crippen LogP contribution in [0.4, 0.5) is 0 Å². The van der Waals surface area contributed by atoms with E-state index < -0.39 is 0 Å². The van der Waals surface area contributed by atoms with Crippen molar-refractivity contribution in [3.63, 3.8) is 0 Å². The van der Waals surface area contributed by atoms with Gasteiger partial charge in [0.05, 0.1) is 6.61 Å². The number of piperazine rings is 1. The molecule has 108 valence electrons. The molecule has 3 heteroatoms. The van der Waals surface area contributed by atoms with Crippen molar-refractivity contribution in [1.29, 1.82) is 0 Å². The van der Waals surface area contributed by atoms with Gasteiger partial charge < -0.3 is 10.1 Å². The van der Waals surface area contributed by atoms with Gasteiger partial charge in [-0.15, -0.1) is 0 Å². The molecule has 0 spiro atoms. The third-order valence-corrected chi connectivity index (χ3v) is 3.70. The first-order valence-electron chi connectivity index (χ1n) is 7.72. The zero-order chi connectivity index (χ0) is 13.4.